The van der Waals surface area contributed by atoms with Crippen molar-refractivity contribution in [2.75, 3.05) is 0 Å². The predicted octanol–water partition coefficient (Wildman–Crippen LogP) is -0.469. The molecule has 0 heterocycles. The van der Waals surface area contributed by atoms with Crippen molar-refractivity contribution in [2.45, 2.75) is 20.7 Å². The van der Waals surface area contributed by atoms with Crippen LogP contribution in [0, 0.1) is 0 Å². The van der Waals surface area contributed by atoms with Gasteiger partial charge in [0, 0.05) is 0 Å². The third kappa shape index (κ3) is 5.64. The number of carbonyl (C=O) groups excluding carboxylic acids is 2. The van der Waals surface area contributed by atoms with E-state index in [0.717, 1.165) is 0 Å². The molecule has 0 unspecified atom stereocenters. The Bertz CT molecular complexity index is 190. The second-order valence-corrected chi connectivity index (χ2v) is 1.93. The van der Waals surface area contributed by atoms with Crippen LogP contribution >= 0.6 is 0 Å². The van der Waals surface area contributed by atoms with Crippen LogP contribution in [0.2, 0.25) is 6.82 Å². The van der Waals surface area contributed by atoms with Crippen LogP contribution in [0.1, 0.15) is 13.8 Å². The number of hydrogen-bond acceptors (Lipinski definition) is 5. The summed E-state index contributed by atoms with van der Waals surface area (Å²) in [7, 11) is 0. The normalized spacial score (nSPS) is 8.25. The van der Waals surface area contributed by atoms with E-state index in [1.807, 2.05) is 0 Å². The standard InChI is InChI=1S/C5H9B2NO4/c1-4(9)11-8(7-6-3)12-5(2)10/h1-3H3. The van der Waals surface area contributed by atoms with Crippen LogP contribution in [-0.2, 0) is 19.3 Å². The molecular formula is C5H9B2NO4. The maximum atomic E-state index is 10.4. The van der Waals surface area contributed by atoms with E-state index in [4.69, 9.17) is 0 Å². The molecule has 0 aliphatic heterocycles. The molecule has 5 nitrogen and oxygen atoms in total. The van der Waals surface area contributed by atoms with Crippen LogP contribution in [0.3, 0.4) is 0 Å². The fraction of sp³-hybridized carbons (Fsp3) is 0.600. The first-order valence-electron chi connectivity index (χ1n) is 3.35. The topological polar surface area (TPSA) is 55.8 Å². The summed E-state index contributed by atoms with van der Waals surface area (Å²) in [5, 5.41) is 0.699. The third-order valence-electron chi connectivity index (χ3n) is 0.708. The Morgan fingerprint density at radius 2 is 1.58 bits per heavy atom. The number of carbonyl (C=O) groups is 2. The van der Waals surface area contributed by atoms with Crippen molar-refractivity contribution in [1.82, 2.24) is 5.14 Å². The molecule has 0 radical (unpaired) electrons. The molecule has 0 spiro atoms. The first-order valence-corrected chi connectivity index (χ1v) is 3.35. The van der Waals surface area contributed by atoms with Crippen molar-refractivity contribution >= 4 is 25.7 Å². The van der Waals surface area contributed by atoms with E-state index in [1.54, 1.807) is 13.6 Å². The summed E-state index contributed by atoms with van der Waals surface area (Å²) in [6, 6.07) is 0. The van der Waals surface area contributed by atoms with E-state index >= 15 is 0 Å². The van der Waals surface area contributed by atoms with Crippen LogP contribution in [0.15, 0.2) is 0 Å². The average molecular weight is 169 g/mol. The van der Waals surface area contributed by atoms with Gasteiger partial charge >= 0.3 is 70.7 Å². The number of rotatable bonds is 3. The van der Waals surface area contributed by atoms with Gasteiger partial charge in [-0.1, -0.05) is 0 Å². The molecule has 0 atom stereocenters. The van der Waals surface area contributed by atoms with Gasteiger partial charge in [0.05, 0.1) is 0 Å². The fourth-order valence-electron chi connectivity index (χ4n) is 0.455. The van der Waals surface area contributed by atoms with Gasteiger partial charge in [0.15, 0.2) is 0 Å². The summed E-state index contributed by atoms with van der Waals surface area (Å²) in [4.78, 5) is 29.8. The second-order valence-electron chi connectivity index (χ2n) is 1.93. The van der Waals surface area contributed by atoms with Gasteiger partial charge in [-0.25, -0.2) is 0 Å². The molecule has 0 bridgehead atoms. The van der Waals surface area contributed by atoms with Crippen molar-refractivity contribution in [3.8, 4) is 0 Å². The van der Waals surface area contributed by atoms with Crippen molar-refractivity contribution < 1.29 is 19.3 Å². The molecule has 0 saturated carbocycles. The first kappa shape index (κ1) is 10.9. The molecule has 0 aliphatic carbocycles. The Balaban J connectivity index is 4.03. The Kier molecular flexibility index (Phi) is 4.99. The van der Waals surface area contributed by atoms with E-state index < -0.39 is 11.9 Å². The van der Waals surface area contributed by atoms with Crippen LogP contribution in [-0.4, -0.2) is 30.8 Å². The molecule has 0 aromatic rings. The quantitative estimate of drug-likeness (QED) is 0.422. The van der Waals surface area contributed by atoms with Crippen molar-refractivity contribution in [3.63, 3.8) is 0 Å². The average Bonchev–Trinajstić information content (AvgIpc) is 1.84. The minimum absolute atomic E-state index is 0.561. The summed E-state index contributed by atoms with van der Waals surface area (Å²) in [6.07, 6.45) is 0. The zero-order chi connectivity index (χ0) is 9.56. The molecule has 0 amide bonds. The van der Waals surface area contributed by atoms with E-state index in [2.05, 4.69) is 9.68 Å². The number of hydrogen-bond donors (Lipinski definition) is 0. The molecule has 0 saturated heterocycles. The molecule has 64 valence electrons. The SMILES string of the molecule is CB=BN(OC(C)=O)OC(C)=O. The van der Waals surface area contributed by atoms with Gasteiger partial charge in [-0.05, 0) is 0 Å². The van der Waals surface area contributed by atoms with Gasteiger partial charge in [-0.15, -0.1) is 0 Å². The molecule has 7 heteroatoms. The van der Waals surface area contributed by atoms with Gasteiger partial charge in [0.2, 0.25) is 0 Å². The van der Waals surface area contributed by atoms with Crippen LogP contribution in [0.5, 0.6) is 0 Å². The molecular weight excluding hydrogens is 160 g/mol. The zero-order valence-corrected chi connectivity index (χ0v) is 7.23. The van der Waals surface area contributed by atoms with Crippen molar-refractivity contribution in [1.29, 1.82) is 0 Å². The molecule has 0 aromatic carbocycles. The Morgan fingerprint density at radius 3 is 1.83 bits per heavy atom. The van der Waals surface area contributed by atoms with E-state index in [-0.39, 0.29) is 0 Å². The predicted molar refractivity (Wildman–Crippen MR) is 42.7 cm³/mol. The molecule has 0 fully saturated rings. The monoisotopic (exact) mass is 169 g/mol. The molecule has 0 rings (SSSR count). The summed E-state index contributed by atoms with van der Waals surface area (Å²) in [6.45, 7) is 6.98. The number of nitrogens with zero attached hydrogens (tertiary/aromatic N) is 1. The third-order valence-corrected chi connectivity index (χ3v) is 0.708. The van der Waals surface area contributed by atoms with Gasteiger partial charge in [0.1, 0.15) is 0 Å². The van der Waals surface area contributed by atoms with E-state index in [0.29, 0.717) is 5.14 Å². The Morgan fingerprint density at radius 1 is 1.17 bits per heavy atom. The second kappa shape index (κ2) is 5.51. The fourth-order valence-corrected chi connectivity index (χ4v) is 0.455. The zero-order valence-electron chi connectivity index (χ0n) is 7.23. The van der Waals surface area contributed by atoms with Crippen LogP contribution in [0.4, 0.5) is 0 Å². The Labute approximate surface area is 71.7 Å². The maximum absolute atomic E-state index is 10.4. The molecule has 0 aromatic heterocycles. The summed E-state index contributed by atoms with van der Waals surface area (Å²) in [5.41, 5.74) is 0. The Hall–Kier alpha value is -1.13. The van der Waals surface area contributed by atoms with Gasteiger partial charge in [0.25, 0.3) is 0 Å². The van der Waals surface area contributed by atoms with Gasteiger partial charge in [-0.3, -0.25) is 0 Å². The summed E-state index contributed by atoms with van der Waals surface area (Å²) >= 11 is 0. The van der Waals surface area contributed by atoms with Gasteiger partial charge < -0.3 is 0 Å². The first-order chi connectivity index (χ1) is 5.56. The van der Waals surface area contributed by atoms with Crippen LogP contribution in [0.25, 0.3) is 0 Å². The summed E-state index contributed by atoms with van der Waals surface area (Å²) < 4.78 is 0. The van der Waals surface area contributed by atoms with Crippen molar-refractivity contribution in [3.05, 3.63) is 0 Å². The van der Waals surface area contributed by atoms with E-state index in [9.17, 15) is 9.59 Å². The summed E-state index contributed by atoms with van der Waals surface area (Å²) in [5.74, 6) is -1.12. The van der Waals surface area contributed by atoms with Crippen LogP contribution < -0.4 is 0 Å². The molecule has 0 N–H and O–H groups in total. The minimum atomic E-state index is -0.561. The van der Waals surface area contributed by atoms with Gasteiger partial charge in [-0.2, -0.15) is 0 Å². The van der Waals surface area contributed by atoms with E-state index in [1.165, 1.54) is 20.8 Å². The molecule has 0 aliphatic rings. The molecule has 12 heavy (non-hydrogen) atoms. The van der Waals surface area contributed by atoms with Crippen molar-refractivity contribution in [2.24, 2.45) is 0 Å².